The average Bonchev–Trinajstić information content (AvgIpc) is 3.31. The number of ether oxygens (including phenoxy) is 1. The number of fused-ring (bicyclic) bond motifs is 1. The standard InChI is InChI=1S/C23H27N5O3/c29-20-7-6-18(13-17(20)15-27-9-11-31-12-10-27)25-23-24-14-16-5-8-21(30)28(22(16)26-23)19-3-1-2-4-19/h5-8,13-14,19,29H,1-4,9-12,15H2,(H,24,25,26). The molecule has 162 valence electrons. The van der Waals surface area contributed by atoms with Crippen LogP contribution in [0.4, 0.5) is 11.6 Å². The van der Waals surface area contributed by atoms with Crippen LogP contribution in [-0.4, -0.2) is 50.8 Å². The number of morpholine rings is 1. The van der Waals surface area contributed by atoms with Crippen LogP contribution in [0.15, 0.2) is 41.3 Å². The van der Waals surface area contributed by atoms with Gasteiger partial charge in [0.15, 0.2) is 0 Å². The summed E-state index contributed by atoms with van der Waals surface area (Å²) in [6.45, 7) is 3.79. The van der Waals surface area contributed by atoms with E-state index < -0.39 is 0 Å². The van der Waals surface area contributed by atoms with E-state index >= 15 is 0 Å². The van der Waals surface area contributed by atoms with Crippen LogP contribution in [0.3, 0.4) is 0 Å². The highest BCUT2D eigenvalue weighted by Crippen LogP contribution is 2.30. The van der Waals surface area contributed by atoms with Crippen molar-refractivity contribution in [2.45, 2.75) is 38.3 Å². The van der Waals surface area contributed by atoms with E-state index in [9.17, 15) is 9.90 Å². The highest BCUT2D eigenvalue weighted by atomic mass is 16.5. The molecule has 8 nitrogen and oxygen atoms in total. The highest BCUT2D eigenvalue weighted by Gasteiger charge is 2.21. The molecule has 2 aliphatic rings. The fourth-order valence-corrected chi connectivity index (χ4v) is 4.53. The minimum atomic E-state index is -0.0125. The predicted molar refractivity (Wildman–Crippen MR) is 119 cm³/mol. The van der Waals surface area contributed by atoms with E-state index in [1.165, 1.54) is 0 Å². The number of aromatic hydroxyl groups is 1. The van der Waals surface area contributed by atoms with Gasteiger partial charge in [-0.05, 0) is 37.1 Å². The molecule has 0 spiro atoms. The SMILES string of the molecule is O=c1ccc2cnc(Nc3ccc(O)c(CN4CCOCC4)c3)nc2n1C1CCCC1. The van der Waals surface area contributed by atoms with Crippen LogP contribution < -0.4 is 10.9 Å². The third-order valence-corrected chi connectivity index (χ3v) is 6.19. The van der Waals surface area contributed by atoms with Gasteiger partial charge in [-0.25, -0.2) is 4.98 Å². The van der Waals surface area contributed by atoms with Gasteiger partial charge in [0, 0.05) is 54.6 Å². The van der Waals surface area contributed by atoms with Crippen molar-refractivity contribution in [3.05, 3.63) is 52.4 Å². The molecule has 0 unspecified atom stereocenters. The number of rotatable bonds is 5. The summed E-state index contributed by atoms with van der Waals surface area (Å²) < 4.78 is 7.23. The van der Waals surface area contributed by atoms with Crippen molar-refractivity contribution in [1.29, 1.82) is 0 Å². The lowest BCUT2D eigenvalue weighted by Crippen LogP contribution is -2.35. The van der Waals surface area contributed by atoms with Gasteiger partial charge in [0.25, 0.3) is 5.56 Å². The molecule has 1 saturated carbocycles. The quantitative estimate of drug-likeness (QED) is 0.611. The summed E-state index contributed by atoms with van der Waals surface area (Å²) in [4.78, 5) is 24.0. The number of nitrogens with zero attached hydrogens (tertiary/aromatic N) is 4. The molecule has 1 aliphatic carbocycles. The van der Waals surface area contributed by atoms with Crippen molar-refractivity contribution >= 4 is 22.7 Å². The Hall–Kier alpha value is -2.97. The van der Waals surface area contributed by atoms with Crippen LogP contribution in [0, 0.1) is 0 Å². The summed E-state index contributed by atoms with van der Waals surface area (Å²) in [7, 11) is 0. The van der Waals surface area contributed by atoms with Gasteiger partial charge in [0.05, 0.1) is 13.2 Å². The molecule has 1 aromatic carbocycles. The summed E-state index contributed by atoms with van der Waals surface area (Å²) in [5.74, 6) is 0.708. The normalized spacial score (nSPS) is 17.9. The van der Waals surface area contributed by atoms with Gasteiger partial charge >= 0.3 is 0 Å². The van der Waals surface area contributed by atoms with E-state index in [-0.39, 0.29) is 17.4 Å². The number of hydrogen-bond acceptors (Lipinski definition) is 7. The van der Waals surface area contributed by atoms with Gasteiger partial charge in [0.2, 0.25) is 5.95 Å². The summed E-state index contributed by atoms with van der Waals surface area (Å²) in [6.07, 6.45) is 6.06. The number of nitrogens with one attached hydrogen (secondary N) is 1. The van der Waals surface area contributed by atoms with Crippen molar-refractivity contribution in [2.75, 3.05) is 31.6 Å². The number of phenolic OH excluding ortho intramolecular Hbond substituents is 1. The van der Waals surface area contributed by atoms with Crippen molar-refractivity contribution in [2.24, 2.45) is 0 Å². The first-order valence-corrected chi connectivity index (χ1v) is 10.9. The molecule has 0 amide bonds. The maximum Gasteiger partial charge on any atom is 0.252 e. The van der Waals surface area contributed by atoms with Crippen LogP contribution in [0.5, 0.6) is 5.75 Å². The number of anilines is 2. The van der Waals surface area contributed by atoms with Crippen molar-refractivity contribution in [1.82, 2.24) is 19.4 Å². The zero-order chi connectivity index (χ0) is 21.2. The maximum atomic E-state index is 12.6. The van der Waals surface area contributed by atoms with E-state index in [0.717, 1.165) is 55.4 Å². The second kappa shape index (κ2) is 8.64. The number of pyridine rings is 1. The monoisotopic (exact) mass is 421 g/mol. The lowest BCUT2D eigenvalue weighted by molar-refractivity contribution is 0.0339. The predicted octanol–water partition coefficient (Wildman–Crippen LogP) is 3.19. The largest absolute Gasteiger partial charge is 0.508 e. The molecular formula is C23H27N5O3. The van der Waals surface area contributed by atoms with Gasteiger partial charge in [-0.15, -0.1) is 0 Å². The molecule has 31 heavy (non-hydrogen) atoms. The summed E-state index contributed by atoms with van der Waals surface area (Å²) in [5.41, 5.74) is 2.30. The van der Waals surface area contributed by atoms with Gasteiger partial charge in [-0.1, -0.05) is 12.8 Å². The minimum absolute atomic E-state index is 0.0125. The van der Waals surface area contributed by atoms with Crippen LogP contribution in [-0.2, 0) is 11.3 Å². The molecule has 2 aromatic heterocycles. The molecule has 3 heterocycles. The Morgan fingerprint density at radius 1 is 1.13 bits per heavy atom. The zero-order valence-electron chi connectivity index (χ0n) is 17.5. The maximum absolute atomic E-state index is 12.6. The molecule has 3 aromatic rings. The molecule has 5 rings (SSSR count). The van der Waals surface area contributed by atoms with Crippen molar-refractivity contribution in [3.8, 4) is 5.75 Å². The molecule has 2 N–H and O–H groups in total. The molecule has 0 atom stereocenters. The number of hydrogen-bond donors (Lipinski definition) is 2. The van der Waals surface area contributed by atoms with E-state index in [4.69, 9.17) is 9.72 Å². The Kier molecular flexibility index (Phi) is 5.57. The van der Waals surface area contributed by atoms with Gasteiger partial charge in [0.1, 0.15) is 11.4 Å². The molecular weight excluding hydrogens is 394 g/mol. The first-order chi connectivity index (χ1) is 15.2. The molecule has 1 saturated heterocycles. The first kappa shape index (κ1) is 20.0. The minimum Gasteiger partial charge on any atom is -0.508 e. The van der Waals surface area contributed by atoms with Crippen LogP contribution in [0.2, 0.25) is 0 Å². The molecule has 0 radical (unpaired) electrons. The number of phenols is 1. The summed E-state index contributed by atoms with van der Waals surface area (Å²) in [6, 6.07) is 9.01. The topological polar surface area (TPSA) is 92.5 Å². The molecule has 1 aliphatic heterocycles. The second-order valence-corrected chi connectivity index (χ2v) is 8.31. The van der Waals surface area contributed by atoms with E-state index in [1.807, 2.05) is 10.6 Å². The Balaban J connectivity index is 1.43. The zero-order valence-corrected chi connectivity index (χ0v) is 17.5. The van der Waals surface area contributed by atoms with Crippen LogP contribution in [0.1, 0.15) is 37.3 Å². The Morgan fingerprint density at radius 2 is 1.94 bits per heavy atom. The van der Waals surface area contributed by atoms with Crippen LogP contribution in [0.25, 0.3) is 11.0 Å². The smallest absolute Gasteiger partial charge is 0.252 e. The van der Waals surface area contributed by atoms with Crippen LogP contribution >= 0.6 is 0 Å². The molecule has 2 fully saturated rings. The van der Waals surface area contributed by atoms with E-state index in [0.29, 0.717) is 31.4 Å². The fourth-order valence-electron chi connectivity index (χ4n) is 4.53. The average molecular weight is 422 g/mol. The van der Waals surface area contributed by atoms with Gasteiger partial charge in [-0.3, -0.25) is 14.3 Å². The lowest BCUT2D eigenvalue weighted by Gasteiger charge is -2.27. The lowest BCUT2D eigenvalue weighted by atomic mass is 10.1. The van der Waals surface area contributed by atoms with E-state index in [2.05, 4.69) is 15.2 Å². The van der Waals surface area contributed by atoms with Gasteiger partial charge < -0.3 is 15.2 Å². The molecule has 8 heteroatoms. The Labute approximate surface area is 180 Å². The summed E-state index contributed by atoms with van der Waals surface area (Å²) >= 11 is 0. The summed E-state index contributed by atoms with van der Waals surface area (Å²) in [5, 5.41) is 14.4. The number of benzene rings is 1. The highest BCUT2D eigenvalue weighted by molar-refractivity contribution is 5.76. The Bertz CT molecular complexity index is 1130. The fraction of sp³-hybridized carbons (Fsp3) is 0.435. The van der Waals surface area contributed by atoms with Crippen molar-refractivity contribution in [3.63, 3.8) is 0 Å². The molecule has 0 bridgehead atoms. The second-order valence-electron chi connectivity index (χ2n) is 8.31. The third-order valence-electron chi connectivity index (χ3n) is 6.19. The van der Waals surface area contributed by atoms with Crippen molar-refractivity contribution < 1.29 is 9.84 Å². The Morgan fingerprint density at radius 3 is 2.74 bits per heavy atom. The third kappa shape index (κ3) is 4.26. The first-order valence-electron chi connectivity index (χ1n) is 10.9. The van der Waals surface area contributed by atoms with E-state index in [1.54, 1.807) is 30.5 Å². The number of aromatic nitrogens is 3. The van der Waals surface area contributed by atoms with Gasteiger partial charge in [-0.2, -0.15) is 4.98 Å².